The maximum atomic E-state index is 13.0. The Hall–Kier alpha value is -2.71. The van der Waals surface area contributed by atoms with E-state index in [2.05, 4.69) is 10.6 Å². The molecule has 1 fully saturated rings. The van der Waals surface area contributed by atoms with Crippen molar-refractivity contribution in [2.45, 2.75) is 50.5 Å². The number of benzene rings is 2. The highest BCUT2D eigenvalue weighted by Gasteiger charge is 2.32. The molecule has 8 heteroatoms. The molecule has 1 heterocycles. The van der Waals surface area contributed by atoms with E-state index in [4.69, 9.17) is 0 Å². The Morgan fingerprint density at radius 1 is 0.967 bits per heavy atom. The van der Waals surface area contributed by atoms with Gasteiger partial charge < -0.3 is 10.6 Å². The Morgan fingerprint density at radius 3 is 2.17 bits per heavy atom. The van der Waals surface area contributed by atoms with E-state index in [1.54, 1.807) is 40.7 Å². The number of carbonyl (C=O) groups excluding carboxylic acids is 2. The van der Waals surface area contributed by atoms with E-state index in [-0.39, 0.29) is 22.8 Å². The standard InChI is InChI=1S/C22H27N3O4S/c1-3-20-6-4-5-15-25(20)30(28,29)21-13-11-19(12-14-21)24-22(27)17-7-9-18(10-8-17)23-16(2)26/h7-14,20H,3-6,15H2,1-2H3,(H,23,26)(H,24,27). The molecule has 2 amide bonds. The number of amides is 2. The third kappa shape index (κ3) is 5.06. The van der Waals surface area contributed by atoms with Crippen molar-refractivity contribution in [1.29, 1.82) is 0 Å². The molecular weight excluding hydrogens is 402 g/mol. The zero-order chi connectivity index (χ0) is 21.7. The van der Waals surface area contributed by atoms with Crippen LogP contribution >= 0.6 is 0 Å². The van der Waals surface area contributed by atoms with Crippen molar-refractivity contribution in [2.24, 2.45) is 0 Å². The van der Waals surface area contributed by atoms with E-state index >= 15 is 0 Å². The van der Waals surface area contributed by atoms with Gasteiger partial charge in [-0.1, -0.05) is 13.3 Å². The third-order valence-corrected chi connectivity index (χ3v) is 7.20. The number of hydrogen-bond donors (Lipinski definition) is 2. The first-order chi connectivity index (χ1) is 14.3. The van der Waals surface area contributed by atoms with Crippen LogP contribution in [0.3, 0.4) is 0 Å². The van der Waals surface area contributed by atoms with E-state index < -0.39 is 10.0 Å². The van der Waals surface area contributed by atoms with Gasteiger partial charge in [0.15, 0.2) is 0 Å². The van der Waals surface area contributed by atoms with Crippen LogP contribution in [0.4, 0.5) is 11.4 Å². The largest absolute Gasteiger partial charge is 0.326 e. The van der Waals surface area contributed by atoms with Gasteiger partial charge in [0.25, 0.3) is 5.91 Å². The summed E-state index contributed by atoms with van der Waals surface area (Å²) in [6.07, 6.45) is 3.63. The predicted octanol–water partition coefficient (Wildman–Crippen LogP) is 3.85. The first-order valence-corrected chi connectivity index (χ1v) is 11.6. The van der Waals surface area contributed by atoms with E-state index in [1.807, 2.05) is 6.92 Å². The smallest absolute Gasteiger partial charge is 0.255 e. The Bertz CT molecular complexity index is 1000. The lowest BCUT2D eigenvalue weighted by Gasteiger charge is -2.34. The summed E-state index contributed by atoms with van der Waals surface area (Å²) in [5.41, 5.74) is 1.55. The summed E-state index contributed by atoms with van der Waals surface area (Å²) in [4.78, 5) is 23.7. The molecule has 30 heavy (non-hydrogen) atoms. The minimum atomic E-state index is -3.55. The maximum Gasteiger partial charge on any atom is 0.255 e. The van der Waals surface area contributed by atoms with Crippen LogP contribution in [-0.4, -0.2) is 37.1 Å². The minimum absolute atomic E-state index is 0.0450. The highest BCUT2D eigenvalue weighted by Crippen LogP contribution is 2.27. The summed E-state index contributed by atoms with van der Waals surface area (Å²) in [6.45, 7) is 3.98. The maximum absolute atomic E-state index is 13.0. The van der Waals surface area contributed by atoms with E-state index in [0.29, 0.717) is 23.5 Å². The van der Waals surface area contributed by atoms with Crippen molar-refractivity contribution in [3.05, 3.63) is 54.1 Å². The second-order valence-corrected chi connectivity index (χ2v) is 9.30. The zero-order valence-electron chi connectivity index (χ0n) is 17.2. The summed E-state index contributed by atoms with van der Waals surface area (Å²) >= 11 is 0. The first-order valence-electron chi connectivity index (χ1n) is 10.1. The Morgan fingerprint density at radius 2 is 1.57 bits per heavy atom. The summed E-state index contributed by atoms with van der Waals surface area (Å²) in [6, 6.07) is 12.8. The lowest BCUT2D eigenvalue weighted by molar-refractivity contribution is -0.114. The molecule has 2 aromatic rings. The first kappa shape index (κ1) is 22.0. The van der Waals surface area contributed by atoms with Gasteiger partial charge in [-0.05, 0) is 67.8 Å². The molecule has 7 nitrogen and oxygen atoms in total. The van der Waals surface area contributed by atoms with Gasteiger partial charge in [0.1, 0.15) is 0 Å². The highest BCUT2D eigenvalue weighted by molar-refractivity contribution is 7.89. The fraction of sp³-hybridized carbons (Fsp3) is 0.364. The number of nitrogens with zero attached hydrogens (tertiary/aromatic N) is 1. The van der Waals surface area contributed by atoms with Crippen LogP contribution in [0.1, 0.15) is 49.9 Å². The van der Waals surface area contributed by atoms with Crippen molar-refractivity contribution < 1.29 is 18.0 Å². The Labute approximate surface area is 177 Å². The number of sulfonamides is 1. The van der Waals surface area contributed by atoms with Gasteiger partial charge in [0.05, 0.1) is 4.90 Å². The molecule has 3 rings (SSSR count). The monoisotopic (exact) mass is 429 g/mol. The molecule has 0 saturated carbocycles. The Kier molecular flexibility index (Phi) is 6.89. The van der Waals surface area contributed by atoms with E-state index in [0.717, 1.165) is 25.7 Å². The lowest BCUT2D eigenvalue weighted by Crippen LogP contribution is -2.43. The molecule has 0 radical (unpaired) electrons. The van der Waals surface area contributed by atoms with Crippen LogP contribution in [0, 0.1) is 0 Å². The molecule has 1 aliphatic heterocycles. The molecule has 0 aromatic heterocycles. The summed E-state index contributed by atoms with van der Waals surface area (Å²) in [5.74, 6) is -0.501. The molecule has 160 valence electrons. The topological polar surface area (TPSA) is 95.6 Å². The second-order valence-electron chi connectivity index (χ2n) is 7.41. The van der Waals surface area contributed by atoms with Gasteiger partial charge in [-0.25, -0.2) is 8.42 Å². The van der Waals surface area contributed by atoms with Crippen LogP contribution in [0.15, 0.2) is 53.4 Å². The van der Waals surface area contributed by atoms with Crippen molar-refractivity contribution in [3.8, 4) is 0 Å². The predicted molar refractivity (Wildman–Crippen MR) is 117 cm³/mol. The molecule has 1 unspecified atom stereocenters. The van der Waals surface area contributed by atoms with Crippen LogP contribution in [0.25, 0.3) is 0 Å². The van der Waals surface area contributed by atoms with Gasteiger partial charge in [0, 0.05) is 36.4 Å². The quantitative estimate of drug-likeness (QED) is 0.729. The SMILES string of the molecule is CCC1CCCCN1S(=O)(=O)c1ccc(NC(=O)c2ccc(NC(C)=O)cc2)cc1. The summed E-state index contributed by atoms with van der Waals surface area (Å²) < 4.78 is 27.7. The Balaban J connectivity index is 1.69. The number of carbonyl (C=O) groups is 2. The van der Waals surface area contributed by atoms with Crippen molar-refractivity contribution >= 4 is 33.2 Å². The van der Waals surface area contributed by atoms with Gasteiger partial charge in [0.2, 0.25) is 15.9 Å². The number of hydrogen-bond acceptors (Lipinski definition) is 4. The number of rotatable bonds is 6. The van der Waals surface area contributed by atoms with Crippen LogP contribution in [0.5, 0.6) is 0 Å². The molecule has 0 spiro atoms. The molecule has 2 N–H and O–H groups in total. The van der Waals surface area contributed by atoms with E-state index in [9.17, 15) is 18.0 Å². The lowest BCUT2D eigenvalue weighted by atomic mass is 10.0. The normalized spacial score (nSPS) is 17.3. The molecule has 1 saturated heterocycles. The van der Waals surface area contributed by atoms with Crippen LogP contribution in [0.2, 0.25) is 0 Å². The molecule has 1 atom stereocenters. The molecule has 0 aliphatic carbocycles. The number of piperidine rings is 1. The van der Waals surface area contributed by atoms with Crippen molar-refractivity contribution in [3.63, 3.8) is 0 Å². The van der Waals surface area contributed by atoms with E-state index in [1.165, 1.54) is 19.1 Å². The minimum Gasteiger partial charge on any atom is -0.326 e. The molecule has 2 aromatic carbocycles. The number of anilines is 2. The molecular formula is C22H27N3O4S. The molecule has 0 bridgehead atoms. The zero-order valence-corrected chi connectivity index (χ0v) is 18.0. The average Bonchev–Trinajstić information content (AvgIpc) is 2.74. The van der Waals surface area contributed by atoms with Crippen molar-refractivity contribution in [2.75, 3.05) is 17.2 Å². The summed E-state index contributed by atoms with van der Waals surface area (Å²) in [7, 11) is -3.55. The summed E-state index contributed by atoms with van der Waals surface area (Å²) in [5, 5.41) is 5.41. The second kappa shape index (κ2) is 9.40. The van der Waals surface area contributed by atoms with Gasteiger partial charge in [-0.15, -0.1) is 0 Å². The molecule has 1 aliphatic rings. The van der Waals surface area contributed by atoms with Gasteiger partial charge in [-0.3, -0.25) is 9.59 Å². The van der Waals surface area contributed by atoms with Gasteiger partial charge >= 0.3 is 0 Å². The van der Waals surface area contributed by atoms with Crippen LogP contribution < -0.4 is 10.6 Å². The number of nitrogens with one attached hydrogen (secondary N) is 2. The highest BCUT2D eigenvalue weighted by atomic mass is 32.2. The van der Waals surface area contributed by atoms with Crippen LogP contribution in [-0.2, 0) is 14.8 Å². The third-order valence-electron chi connectivity index (χ3n) is 5.23. The average molecular weight is 430 g/mol. The van der Waals surface area contributed by atoms with Gasteiger partial charge in [-0.2, -0.15) is 4.31 Å². The van der Waals surface area contributed by atoms with Crippen molar-refractivity contribution in [1.82, 2.24) is 4.31 Å². The fourth-order valence-corrected chi connectivity index (χ4v) is 5.42. The fourth-order valence-electron chi connectivity index (χ4n) is 3.66.